The molecule has 1 saturated heterocycles. The number of nitrogens with one attached hydrogen (secondary N) is 1. The second-order valence-corrected chi connectivity index (χ2v) is 4.96. The fraction of sp³-hybridized carbons (Fsp3) is 0.571. The van der Waals surface area contributed by atoms with Crippen LogP contribution in [0, 0.1) is 5.82 Å². The minimum absolute atomic E-state index is 0. The monoisotopic (exact) mass is 394 g/mol. The number of nitrogens with zero attached hydrogens (tertiary/aromatic N) is 1. The van der Waals surface area contributed by atoms with Crippen molar-refractivity contribution in [3.63, 3.8) is 0 Å². The Morgan fingerprint density at radius 3 is 2.00 bits per heavy atom. The topological polar surface area (TPSA) is 33.7 Å². The first-order valence-electron chi connectivity index (χ1n) is 6.81. The maximum atomic E-state index is 14.2. The van der Waals surface area contributed by atoms with Gasteiger partial charge in [0, 0.05) is 37.8 Å². The zero-order chi connectivity index (χ0) is 16.3. The predicted molar refractivity (Wildman–Crippen MR) is 87.2 cm³/mol. The SMILES string of the molecule is COc1cc(F)c([C@@H](N2CCNCC2)C(F)(F)F)cc1OC.Cl.Cl. The number of hydrogen-bond acceptors (Lipinski definition) is 4. The van der Waals surface area contributed by atoms with E-state index in [1.54, 1.807) is 0 Å². The van der Waals surface area contributed by atoms with Crippen LogP contribution in [0.25, 0.3) is 0 Å². The molecule has 140 valence electrons. The third-order valence-corrected chi connectivity index (χ3v) is 3.62. The summed E-state index contributed by atoms with van der Waals surface area (Å²) in [4.78, 5) is 1.22. The van der Waals surface area contributed by atoms with Crippen molar-refractivity contribution in [3.05, 3.63) is 23.5 Å². The number of benzene rings is 1. The van der Waals surface area contributed by atoms with Crippen LogP contribution < -0.4 is 14.8 Å². The van der Waals surface area contributed by atoms with E-state index in [2.05, 4.69) is 5.32 Å². The van der Waals surface area contributed by atoms with E-state index in [0.29, 0.717) is 13.1 Å². The molecule has 1 heterocycles. The average Bonchev–Trinajstić information content (AvgIpc) is 2.48. The molecule has 1 aliphatic heterocycles. The van der Waals surface area contributed by atoms with Crippen molar-refractivity contribution in [1.29, 1.82) is 0 Å². The predicted octanol–water partition coefficient (Wildman–Crippen LogP) is 3.20. The lowest BCUT2D eigenvalue weighted by molar-refractivity contribution is -0.188. The molecule has 0 aliphatic carbocycles. The zero-order valence-corrected chi connectivity index (χ0v) is 14.8. The molecular weight excluding hydrogens is 375 g/mol. The van der Waals surface area contributed by atoms with Gasteiger partial charge in [-0.3, -0.25) is 4.90 Å². The minimum Gasteiger partial charge on any atom is -0.493 e. The molecular formula is C14H20Cl2F4N2O2. The van der Waals surface area contributed by atoms with Gasteiger partial charge in [0.15, 0.2) is 11.5 Å². The van der Waals surface area contributed by atoms with E-state index in [9.17, 15) is 17.6 Å². The van der Waals surface area contributed by atoms with Gasteiger partial charge in [0.2, 0.25) is 0 Å². The van der Waals surface area contributed by atoms with Gasteiger partial charge < -0.3 is 14.8 Å². The molecule has 1 aliphatic rings. The second kappa shape index (κ2) is 9.50. The lowest BCUT2D eigenvalue weighted by Crippen LogP contribution is -2.49. The zero-order valence-electron chi connectivity index (χ0n) is 13.2. The molecule has 2 rings (SSSR count). The molecule has 1 N–H and O–H groups in total. The summed E-state index contributed by atoms with van der Waals surface area (Å²) in [5.41, 5.74) is -0.452. The van der Waals surface area contributed by atoms with Crippen LogP contribution in [0.2, 0.25) is 0 Å². The highest BCUT2D eigenvalue weighted by Crippen LogP contribution is 2.42. The summed E-state index contributed by atoms with van der Waals surface area (Å²) in [7, 11) is 2.60. The molecule has 4 nitrogen and oxygen atoms in total. The molecule has 1 atom stereocenters. The Morgan fingerprint density at radius 1 is 1.04 bits per heavy atom. The molecule has 1 aromatic rings. The number of rotatable bonds is 4. The molecule has 0 saturated carbocycles. The summed E-state index contributed by atoms with van der Waals surface area (Å²) in [6.07, 6.45) is -4.59. The van der Waals surface area contributed by atoms with Crippen molar-refractivity contribution in [3.8, 4) is 11.5 Å². The Balaban J connectivity index is 0.00000264. The first-order valence-corrected chi connectivity index (χ1v) is 6.81. The Bertz CT molecular complexity index is 526. The molecule has 0 radical (unpaired) electrons. The Morgan fingerprint density at radius 2 is 1.54 bits per heavy atom. The molecule has 10 heteroatoms. The number of alkyl halides is 3. The maximum absolute atomic E-state index is 14.2. The van der Waals surface area contributed by atoms with E-state index in [0.717, 1.165) is 12.1 Å². The van der Waals surface area contributed by atoms with Gasteiger partial charge in [0.1, 0.15) is 11.9 Å². The van der Waals surface area contributed by atoms with Crippen molar-refractivity contribution in [2.45, 2.75) is 12.2 Å². The van der Waals surface area contributed by atoms with Crippen molar-refractivity contribution in [1.82, 2.24) is 10.2 Å². The summed E-state index contributed by atoms with van der Waals surface area (Å²) < 4.78 is 64.6. The Hall–Kier alpha value is -0.960. The standard InChI is InChI=1S/C14H18F4N2O2.2ClH/c1-21-11-7-9(10(15)8-12(11)22-2)13(14(16,17)18)20-5-3-19-4-6-20;;/h7-8,13,19H,3-6H2,1-2H3;2*1H/t13-;;/m1../s1. The lowest BCUT2D eigenvalue weighted by atomic mass is 10.0. The van der Waals surface area contributed by atoms with Gasteiger partial charge in [-0.1, -0.05) is 0 Å². The molecule has 1 aromatic carbocycles. The maximum Gasteiger partial charge on any atom is 0.408 e. The number of ether oxygens (including phenoxy) is 2. The molecule has 0 amide bonds. The van der Waals surface area contributed by atoms with Gasteiger partial charge in [0.05, 0.1) is 14.2 Å². The number of methoxy groups -OCH3 is 2. The highest BCUT2D eigenvalue weighted by atomic mass is 35.5. The van der Waals surface area contributed by atoms with Crippen LogP contribution in [0.3, 0.4) is 0 Å². The van der Waals surface area contributed by atoms with Gasteiger partial charge in [0.25, 0.3) is 0 Å². The molecule has 0 unspecified atom stereocenters. The van der Waals surface area contributed by atoms with E-state index < -0.39 is 23.6 Å². The Kier molecular flexibility index (Phi) is 9.12. The highest BCUT2D eigenvalue weighted by Gasteiger charge is 2.46. The van der Waals surface area contributed by atoms with Crippen molar-refractivity contribution < 1.29 is 27.0 Å². The van der Waals surface area contributed by atoms with E-state index >= 15 is 0 Å². The normalized spacial score (nSPS) is 16.6. The van der Waals surface area contributed by atoms with Gasteiger partial charge >= 0.3 is 6.18 Å². The van der Waals surface area contributed by atoms with Crippen LogP contribution in [-0.4, -0.2) is 51.5 Å². The Labute approximate surface area is 150 Å². The lowest BCUT2D eigenvalue weighted by Gasteiger charge is -2.36. The van der Waals surface area contributed by atoms with Gasteiger partial charge in [-0.05, 0) is 6.07 Å². The molecule has 1 fully saturated rings. The van der Waals surface area contributed by atoms with Crippen LogP contribution in [0.5, 0.6) is 11.5 Å². The van der Waals surface area contributed by atoms with Crippen molar-refractivity contribution in [2.24, 2.45) is 0 Å². The van der Waals surface area contributed by atoms with E-state index in [4.69, 9.17) is 9.47 Å². The average molecular weight is 395 g/mol. The summed E-state index contributed by atoms with van der Waals surface area (Å²) in [6, 6.07) is -0.0156. The third kappa shape index (κ3) is 5.02. The summed E-state index contributed by atoms with van der Waals surface area (Å²) in [5.74, 6) is -0.827. The third-order valence-electron chi connectivity index (χ3n) is 3.62. The molecule has 0 aromatic heterocycles. The fourth-order valence-electron chi connectivity index (χ4n) is 2.60. The van der Waals surface area contributed by atoms with E-state index in [1.807, 2.05) is 0 Å². The van der Waals surface area contributed by atoms with Crippen LogP contribution in [0.4, 0.5) is 17.6 Å². The van der Waals surface area contributed by atoms with Gasteiger partial charge in [-0.2, -0.15) is 13.2 Å². The number of hydrogen-bond donors (Lipinski definition) is 1. The van der Waals surface area contributed by atoms with E-state index in [-0.39, 0.29) is 49.4 Å². The summed E-state index contributed by atoms with van der Waals surface area (Å²) in [6.45, 7) is 1.25. The van der Waals surface area contributed by atoms with Gasteiger partial charge in [-0.15, -0.1) is 24.8 Å². The number of piperazine rings is 1. The summed E-state index contributed by atoms with van der Waals surface area (Å²) in [5, 5.41) is 2.98. The summed E-state index contributed by atoms with van der Waals surface area (Å²) >= 11 is 0. The first kappa shape index (κ1) is 23.0. The highest BCUT2D eigenvalue weighted by molar-refractivity contribution is 5.85. The van der Waals surface area contributed by atoms with Gasteiger partial charge in [-0.25, -0.2) is 4.39 Å². The largest absolute Gasteiger partial charge is 0.493 e. The van der Waals surface area contributed by atoms with Crippen LogP contribution in [-0.2, 0) is 0 Å². The molecule has 0 spiro atoms. The first-order chi connectivity index (χ1) is 10.4. The van der Waals surface area contributed by atoms with Crippen molar-refractivity contribution in [2.75, 3.05) is 40.4 Å². The minimum atomic E-state index is -4.59. The van der Waals surface area contributed by atoms with E-state index in [1.165, 1.54) is 19.1 Å². The quantitative estimate of drug-likeness (QED) is 0.795. The number of halogens is 6. The van der Waals surface area contributed by atoms with Crippen LogP contribution in [0.1, 0.15) is 11.6 Å². The van der Waals surface area contributed by atoms with Crippen LogP contribution >= 0.6 is 24.8 Å². The second-order valence-electron chi connectivity index (χ2n) is 4.96. The van der Waals surface area contributed by atoms with Crippen LogP contribution in [0.15, 0.2) is 12.1 Å². The smallest absolute Gasteiger partial charge is 0.408 e. The van der Waals surface area contributed by atoms with Crippen molar-refractivity contribution >= 4 is 24.8 Å². The molecule has 0 bridgehead atoms. The molecule has 24 heavy (non-hydrogen) atoms. The fourth-order valence-corrected chi connectivity index (χ4v) is 2.60.